The van der Waals surface area contributed by atoms with Crippen molar-refractivity contribution >= 4 is 0 Å². The number of hydrogen-bond donors (Lipinski definition) is 0. The van der Waals surface area contributed by atoms with Gasteiger partial charge in [-0.25, -0.2) is 0 Å². The van der Waals surface area contributed by atoms with Gasteiger partial charge in [0.15, 0.2) is 0 Å². The van der Waals surface area contributed by atoms with Crippen molar-refractivity contribution in [1.29, 1.82) is 5.26 Å². The molecule has 0 amide bonds. The van der Waals surface area contributed by atoms with E-state index in [4.69, 9.17) is 10.00 Å². The molecule has 0 saturated carbocycles. The smallest absolute Gasteiger partial charge is 0.0669 e. The van der Waals surface area contributed by atoms with Gasteiger partial charge in [-0.05, 0) is 19.4 Å². The Bertz CT molecular complexity index is 164. The molecular formula is C9H16N2O. The first kappa shape index (κ1) is 9.50. The van der Waals surface area contributed by atoms with E-state index in [-0.39, 0.29) is 5.92 Å². The summed E-state index contributed by atoms with van der Waals surface area (Å²) in [6, 6.07) is 2.33. The largest absolute Gasteiger partial charge is 0.383 e. The van der Waals surface area contributed by atoms with Crippen LogP contribution < -0.4 is 0 Å². The molecule has 0 spiro atoms. The molecule has 1 unspecified atom stereocenters. The van der Waals surface area contributed by atoms with E-state index < -0.39 is 0 Å². The van der Waals surface area contributed by atoms with Crippen molar-refractivity contribution in [3.63, 3.8) is 0 Å². The molecule has 1 fully saturated rings. The first-order valence-corrected chi connectivity index (χ1v) is 4.47. The number of rotatable bonds is 3. The highest BCUT2D eigenvalue weighted by atomic mass is 16.5. The summed E-state index contributed by atoms with van der Waals surface area (Å²) in [6.45, 7) is 3.80. The number of nitrogens with zero attached hydrogens (tertiary/aromatic N) is 2. The second-order valence-corrected chi connectivity index (χ2v) is 3.26. The quantitative estimate of drug-likeness (QED) is 0.627. The minimum Gasteiger partial charge on any atom is -0.383 e. The number of methoxy groups -OCH3 is 1. The van der Waals surface area contributed by atoms with Gasteiger partial charge in [0.1, 0.15) is 0 Å². The zero-order chi connectivity index (χ0) is 8.81. The molecule has 0 radical (unpaired) electrons. The van der Waals surface area contributed by atoms with E-state index in [1.54, 1.807) is 7.11 Å². The lowest BCUT2D eigenvalue weighted by molar-refractivity contribution is 0.125. The summed E-state index contributed by atoms with van der Waals surface area (Å²) >= 11 is 0. The van der Waals surface area contributed by atoms with Crippen LogP contribution in [0.25, 0.3) is 0 Å². The van der Waals surface area contributed by atoms with Crippen molar-refractivity contribution in [3.8, 4) is 6.07 Å². The summed E-state index contributed by atoms with van der Waals surface area (Å²) in [5.41, 5.74) is 0. The van der Waals surface area contributed by atoms with Gasteiger partial charge in [-0.1, -0.05) is 0 Å². The SMILES string of the molecule is COCCN1CCCC(C#N)C1. The Morgan fingerprint density at radius 1 is 1.67 bits per heavy atom. The second kappa shape index (κ2) is 5.13. The van der Waals surface area contributed by atoms with Crippen LogP contribution >= 0.6 is 0 Å². The average Bonchev–Trinajstić information content (AvgIpc) is 2.15. The molecule has 12 heavy (non-hydrogen) atoms. The highest BCUT2D eigenvalue weighted by Gasteiger charge is 2.18. The van der Waals surface area contributed by atoms with Gasteiger partial charge in [-0.3, -0.25) is 4.90 Å². The van der Waals surface area contributed by atoms with Gasteiger partial charge in [0.25, 0.3) is 0 Å². The van der Waals surface area contributed by atoms with Gasteiger partial charge in [-0.2, -0.15) is 5.26 Å². The van der Waals surface area contributed by atoms with Crippen molar-refractivity contribution in [2.24, 2.45) is 5.92 Å². The van der Waals surface area contributed by atoms with Gasteiger partial charge in [0.2, 0.25) is 0 Å². The summed E-state index contributed by atoms with van der Waals surface area (Å²) in [6.07, 6.45) is 2.22. The zero-order valence-electron chi connectivity index (χ0n) is 7.62. The Morgan fingerprint density at radius 3 is 3.17 bits per heavy atom. The molecule has 0 bridgehead atoms. The van der Waals surface area contributed by atoms with Crippen LogP contribution in [0.1, 0.15) is 12.8 Å². The van der Waals surface area contributed by atoms with Crippen molar-refractivity contribution in [1.82, 2.24) is 4.90 Å². The summed E-state index contributed by atoms with van der Waals surface area (Å²) < 4.78 is 4.99. The third-order valence-electron chi connectivity index (χ3n) is 2.30. The van der Waals surface area contributed by atoms with Crippen LogP contribution in [0, 0.1) is 17.2 Å². The maximum Gasteiger partial charge on any atom is 0.0669 e. The number of hydrogen-bond acceptors (Lipinski definition) is 3. The first-order valence-electron chi connectivity index (χ1n) is 4.47. The van der Waals surface area contributed by atoms with Gasteiger partial charge < -0.3 is 4.74 Å². The van der Waals surface area contributed by atoms with Gasteiger partial charge >= 0.3 is 0 Å². The molecule has 0 aromatic rings. The van der Waals surface area contributed by atoms with Crippen molar-refractivity contribution in [2.45, 2.75) is 12.8 Å². The molecule has 0 aromatic carbocycles. The molecule has 0 N–H and O–H groups in total. The zero-order valence-corrected chi connectivity index (χ0v) is 7.62. The predicted octanol–water partition coefficient (Wildman–Crippen LogP) is 0.868. The highest BCUT2D eigenvalue weighted by Crippen LogP contribution is 2.14. The normalized spacial score (nSPS) is 25.2. The fraction of sp³-hybridized carbons (Fsp3) is 0.889. The van der Waals surface area contributed by atoms with Crippen molar-refractivity contribution < 1.29 is 4.74 Å². The van der Waals surface area contributed by atoms with E-state index in [1.165, 1.54) is 0 Å². The number of likely N-dealkylation sites (tertiary alicyclic amines) is 1. The lowest BCUT2D eigenvalue weighted by Crippen LogP contribution is -2.36. The molecule has 1 atom stereocenters. The minimum atomic E-state index is 0.246. The average molecular weight is 168 g/mol. The molecule has 0 aromatic heterocycles. The summed E-state index contributed by atoms with van der Waals surface area (Å²) in [4.78, 5) is 2.31. The molecular weight excluding hydrogens is 152 g/mol. The summed E-state index contributed by atoms with van der Waals surface area (Å²) in [5.74, 6) is 0.246. The Kier molecular flexibility index (Phi) is 4.06. The lowest BCUT2D eigenvalue weighted by atomic mass is 10.00. The lowest BCUT2D eigenvalue weighted by Gasteiger charge is -2.28. The molecule has 1 aliphatic heterocycles. The van der Waals surface area contributed by atoms with Crippen molar-refractivity contribution in [2.75, 3.05) is 33.4 Å². The third-order valence-corrected chi connectivity index (χ3v) is 2.30. The van der Waals surface area contributed by atoms with E-state index in [9.17, 15) is 0 Å². The monoisotopic (exact) mass is 168 g/mol. The fourth-order valence-corrected chi connectivity index (χ4v) is 1.58. The molecule has 1 aliphatic rings. The number of ether oxygens (including phenoxy) is 1. The molecule has 0 aliphatic carbocycles. The van der Waals surface area contributed by atoms with Crippen LogP contribution in [0.4, 0.5) is 0 Å². The fourth-order valence-electron chi connectivity index (χ4n) is 1.58. The highest BCUT2D eigenvalue weighted by molar-refractivity contribution is 4.88. The van der Waals surface area contributed by atoms with Crippen LogP contribution in [0.3, 0.4) is 0 Å². The minimum absolute atomic E-state index is 0.246. The molecule has 1 saturated heterocycles. The van der Waals surface area contributed by atoms with E-state index in [0.717, 1.165) is 39.1 Å². The van der Waals surface area contributed by atoms with Crippen LogP contribution in [0.5, 0.6) is 0 Å². The second-order valence-electron chi connectivity index (χ2n) is 3.26. The molecule has 1 heterocycles. The van der Waals surface area contributed by atoms with Crippen LogP contribution in [-0.4, -0.2) is 38.3 Å². The molecule has 3 heteroatoms. The molecule has 3 nitrogen and oxygen atoms in total. The number of nitriles is 1. The Balaban J connectivity index is 2.22. The maximum atomic E-state index is 8.73. The maximum absolute atomic E-state index is 8.73. The summed E-state index contributed by atoms with van der Waals surface area (Å²) in [7, 11) is 1.71. The third kappa shape index (κ3) is 2.80. The van der Waals surface area contributed by atoms with E-state index in [0.29, 0.717) is 0 Å². The Labute approximate surface area is 73.9 Å². The topological polar surface area (TPSA) is 36.3 Å². The Morgan fingerprint density at radius 2 is 2.50 bits per heavy atom. The standard InChI is InChI=1S/C9H16N2O/c1-12-6-5-11-4-2-3-9(7-10)8-11/h9H,2-6,8H2,1H3. The van der Waals surface area contributed by atoms with Gasteiger partial charge in [0.05, 0.1) is 18.6 Å². The van der Waals surface area contributed by atoms with Crippen LogP contribution in [0.15, 0.2) is 0 Å². The van der Waals surface area contributed by atoms with Gasteiger partial charge in [0, 0.05) is 20.2 Å². The first-order chi connectivity index (χ1) is 5.86. The van der Waals surface area contributed by atoms with Crippen LogP contribution in [-0.2, 0) is 4.74 Å². The summed E-state index contributed by atoms with van der Waals surface area (Å²) in [5, 5.41) is 8.73. The molecule has 1 rings (SSSR count). The van der Waals surface area contributed by atoms with Crippen LogP contribution in [0.2, 0.25) is 0 Å². The van der Waals surface area contributed by atoms with E-state index in [2.05, 4.69) is 11.0 Å². The number of piperidine rings is 1. The van der Waals surface area contributed by atoms with E-state index in [1.807, 2.05) is 0 Å². The Hall–Kier alpha value is -0.590. The van der Waals surface area contributed by atoms with Gasteiger partial charge in [-0.15, -0.1) is 0 Å². The van der Waals surface area contributed by atoms with Crippen molar-refractivity contribution in [3.05, 3.63) is 0 Å². The molecule has 68 valence electrons. The van der Waals surface area contributed by atoms with E-state index >= 15 is 0 Å². The predicted molar refractivity (Wildman–Crippen MR) is 46.7 cm³/mol.